The van der Waals surface area contributed by atoms with E-state index in [0.29, 0.717) is 5.02 Å². The molecule has 0 heterocycles. The molecule has 20 heavy (non-hydrogen) atoms. The van der Waals surface area contributed by atoms with E-state index < -0.39 is 17.9 Å². The molecule has 2 rings (SSSR count). The number of halogens is 4. The molecule has 0 N–H and O–H groups in total. The number of carbonyl (C=O) groups excluding carboxylic acids is 1. The second-order valence-corrected chi connectivity index (χ2v) is 4.32. The summed E-state index contributed by atoms with van der Waals surface area (Å²) in [4.78, 5) is 12.2. The Morgan fingerprint density at radius 1 is 1.05 bits per heavy atom. The number of ketones is 1. The SMILES string of the molecule is O=C(c1cccc(Cl)c1)c1ccccc1OC(F)(F)F. The van der Waals surface area contributed by atoms with Gasteiger partial charge in [-0.1, -0.05) is 35.9 Å². The van der Waals surface area contributed by atoms with Crippen LogP contribution in [0.15, 0.2) is 48.5 Å². The predicted molar refractivity (Wildman–Crippen MR) is 68.0 cm³/mol. The summed E-state index contributed by atoms with van der Waals surface area (Å²) in [5.74, 6) is -1.13. The van der Waals surface area contributed by atoms with E-state index in [4.69, 9.17) is 11.6 Å². The van der Waals surface area contributed by atoms with Gasteiger partial charge in [0, 0.05) is 10.6 Å². The topological polar surface area (TPSA) is 26.3 Å². The molecule has 0 saturated carbocycles. The van der Waals surface area contributed by atoms with Crippen molar-refractivity contribution in [1.82, 2.24) is 0 Å². The molecule has 0 spiro atoms. The highest BCUT2D eigenvalue weighted by atomic mass is 35.5. The van der Waals surface area contributed by atoms with Crippen LogP contribution in [0.2, 0.25) is 5.02 Å². The minimum Gasteiger partial charge on any atom is -0.405 e. The van der Waals surface area contributed by atoms with Gasteiger partial charge in [-0.25, -0.2) is 0 Å². The van der Waals surface area contributed by atoms with Crippen LogP contribution in [0, 0.1) is 0 Å². The lowest BCUT2D eigenvalue weighted by atomic mass is 10.0. The first-order valence-electron chi connectivity index (χ1n) is 5.52. The average Bonchev–Trinajstić information content (AvgIpc) is 2.37. The number of hydrogen-bond donors (Lipinski definition) is 0. The van der Waals surface area contributed by atoms with Gasteiger partial charge in [-0.05, 0) is 24.3 Å². The number of benzene rings is 2. The van der Waals surface area contributed by atoms with Crippen LogP contribution in [0.1, 0.15) is 15.9 Å². The van der Waals surface area contributed by atoms with Gasteiger partial charge in [-0.15, -0.1) is 13.2 Å². The van der Waals surface area contributed by atoms with E-state index in [-0.39, 0.29) is 11.1 Å². The van der Waals surface area contributed by atoms with Crippen molar-refractivity contribution in [3.05, 3.63) is 64.7 Å². The van der Waals surface area contributed by atoms with Crippen LogP contribution in [0.5, 0.6) is 5.75 Å². The van der Waals surface area contributed by atoms with Crippen molar-refractivity contribution in [2.75, 3.05) is 0 Å². The van der Waals surface area contributed by atoms with E-state index >= 15 is 0 Å². The van der Waals surface area contributed by atoms with Gasteiger partial charge >= 0.3 is 6.36 Å². The van der Waals surface area contributed by atoms with Crippen LogP contribution in [-0.4, -0.2) is 12.1 Å². The Hall–Kier alpha value is -2.01. The van der Waals surface area contributed by atoms with Crippen molar-refractivity contribution in [3.8, 4) is 5.75 Å². The molecule has 0 aromatic heterocycles. The molecular weight excluding hydrogens is 293 g/mol. The van der Waals surface area contributed by atoms with Gasteiger partial charge in [0.05, 0.1) is 5.56 Å². The Morgan fingerprint density at radius 3 is 2.40 bits per heavy atom. The fourth-order valence-corrected chi connectivity index (χ4v) is 1.84. The van der Waals surface area contributed by atoms with Crippen molar-refractivity contribution in [3.63, 3.8) is 0 Å². The Kier molecular flexibility index (Phi) is 3.99. The maximum atomic E-state index is 12.3. The lowest BCUT2D eigenvalue weighted by Gasteiger charge is -2.12. The highest BCUT2D eigenvalue weighted by Crippen LogP contribution is 2.28. The van der Waals surface area contributed by atoms with Gasteiger partial charge in [0.2, 0.25) is 0 Å². The summed E-state index contributed by atoms with van der Waals surface area (Å²) < 4.78 is 40.7. The second-order valence-electron chi connectivity index (χ2n) is 3.88. The first-order chi connectivity index (χ1) is 9.37. The Labute approximate surface area is 117 Å². The molecule has 0 aliphatic rings. The van der Waals surface area contributed by atoms with Crippen molar-refractivity contribution < 1.29 is 22.7 Å². The summed E-state index contributed by atoms with van der Waals surface area (Å²) in [6, 6.07) is 11.1. The van der Waals surface area contributed by atoms with E-state index in [1.54, 1.807) is 12.1 Å². The highest BCUT2D eigenvalue weighted by Gasteiger charge is 2.32. The summed E-state index contributed by atoms with van der Waals surface area (Å²) in [5.41, 5.74) is 0.0165. The van der Waals surface area contributed by atoms with Gasteiger partial charge in [-0.2, -0.15) is 0 Å². The maximum Gasteiger partial charge on any atom is 0.573 e. The highest BCUT2D eigenvalue weighted by molar-refractivity contribution is 6.31. The first kappa shape index (κ1) is 14.4. The summed E-state index contributed by atoms with van der Waals surface area (Å²) >= 11 is 5.76. The molecule has 0 fully saturated rings. The number of carbonyl (C=O) groups is 1. The van der Waals surface area contributed by atoms with Crippen LogP contribution >= 0.6 is 11.6 Å². The van der Waals surface area contributed by atoms with Crippen LogP contribution < -0.4 is 4.74 Å². The second kappa shape index (κ2) is 5.54. The quantitative estimate of drug-likeness (QED) is 0.782. The number of rotatable bonds is 3. The van der Waals surface area contributed by atoms with Gasteiger partial charge in [0.15, 0.2) is 5.78 Å². The van der Waals surface area contributed by atoms with Crippen LogP contribution in [-0.2, 0) is 0 Å². The smallest absolute Gasteiger partial charge is 0.405 e. The Balaban J connectivity index is 2.40. The van der Waals surface area contributed by atoms with E-state index in [9.17, 15) is 18.0 Å². The monoisotopic (exact) mass is 300 g/mol. The number of alkyl halides is 3. The van der Waals surface area contributed by atoms with Crippen LogP contribution in [0.3, 0.4) is 0 Å². The van der Waals surface area contributed by atoms with Gasteiger partial charge < -0.3 is 4.74 Å². The molecular formula is C14H8ClF3O2. The fourth-order valence-electron chi connectivity index (χ4n) is 1.65. The molecule has 0 atom stereocenters. The number of para-hydroxylation sites is 1. The molecule has 2 aromatic rings. The standard InChI is InChI=1S/C14H8ClF3O2/c15-10-5-3-4-9(8-10)13(19)11-6-1-2-7-12(11)20-14(16,17)18/h1-8H. The zero-order chi connectivity index (χ0) is 14.8. The molecule has 0 radical (unpaired) electrons. The van der Waals surface area contributed by atoms with E-state index in [1.165, 1.54) is 30.3 Å². The first-order valence-corrected chi connectivity index (χ1v) is 5.89. The summed E-state index contributed by atoms with van der Waals surface area (Å²) in [6.45, 7) is 0. The third-order valence-electron chi connectivity index (χ3n) is 2.44. The molecule has 0 bridgehead atoms. The molecule has 6 heteroatoms. The zero-order valence-electron chi connectivity index (χ0n) is 9.95. The number of ether oxygens (including phenoxy) is 1. The third kappa shape index (κ3) is 3.51. The fraction of sp³-hybridized carbons (Fsp3) is 0.0714. The van der Waals surface area contributed by atoms with Crippen molar-refractivity contribution in [2.24, 2.45) is 0 Å². The third-order valence-corrected chi connectivity index (χ3v) is 2.68. The average molecular weight is 301 g/mol. The van der Waals surface area contributed by atoms with E-state index in [0.717, 1.165) is 6.07 Å². The molecule has 2 aromatic carbocycles. The van der Waals surface area contributed by atoms with Crippen molar-refractivity contribution in [2.45, 2.75) is 6.36 Å². The van der Waals surface area contributed by atoms with Crippen molar-refractivity contribution in [1.29, 1.82) is 0 Å². The van der Waals surface area contributed by atoms with Gasteiger partial charge in [-0.3, -0.25) is 4.79 Å². The molecule has 0 aliphatic heterocycles. The Bertz CT molecular complexity index is 638. The molecule has 2 nitrogen and oxygen atoms in total. The molecule has 104 valence electrons. The summed E-state index contributed by atoms with van der Waals surface area (Å²) in [6.07, 6.45) is -4.86. The number of hydrogen-bond acceptors (Lipinski definition) is 2. The Morgan fingerprint density at radius 2 is 1.75 bits per heavy atom. The lowest BCUT2D eigenvalue weighted by Crippen LogP contribution is -2.19. The molecule has 0 unspecified atom stereocenters. The summed E-state index contributed by atoms with van der Waals surface area (Å²) in [7, 11) is 0. The minimum atomic E-state index is -4.86. The maximum absolute atomic E-state index is 12.3. The van der Waals surface area contributed by atoms with E-state index in [1.807, 2.05) is 0 Å². The normalized spacial score (nSPS) is 11.2. The van der Waals surface area contributed by atoms with Crippen LogP contribution in [0.4, 0.5) is 13.2 Å². The molecule has 0 saturated heterocycles. The zero-order valence-corrected chi connectivity index (χ0v) is 10.7. The molecule has 0 amide bonds. The lowest BCUT2D eigenvalue weighted by molar-refractivity contribution is -0.274. The van der Waals surface area contributed by atoms with Gasteiger partial charge in [0.25, 0.3) is 0 Å². The van der Waals surface area contributed by atoms with Gasteiger partial charge in [0.1, 0.15) is 5.75 Å². The van der Waals surface area contributed by atoms with E-state index in [2.05, 4.69) is 4.74 Å². The molecule has 0 aliphatic carbocycles. The summed E-state index contributed by atoms with van der Waals surface area (Å²) in [5, 5.41) is 0.324. The predicted octanol–water partition coefficient (Wildman–Crippen LogP) is 4.47. The van der Waals surface area contributed by atoms with Crippen molar-refractivity contribution >= 4 is 17.4 Å². The minimum absolute atomic E-state index is 0.174. The van der Waals surface area contributed by atoms with Crippen LogP contribution in [0.25, 0.3) is 0 Å². The largest absolute Gasteiger partial charge is 0.573 e.